The van der Waals surface area contributed by atoms with E-state index in [1.807, 2.05) is 6.08 Å². The average molecular weight is 467 g/mol. The number of carbonyl (C=O) groups is 2. The molecule has 0 unspecified atom stereocenters. The van der Waals surface area contributed by atoms with Crippen molar-refractivity contribution >= 4 is 23.5 Å². The number of rotatable bonds is 4. The number of guanidine groups is 1. The number of nitrogens with zero attached hydrogens (tertiary/aromatic N) is 4. The van der Waals surface area contributed by atoms with Gasteiger partial charge in [-0.2, -0.15) is 13.2 Å². The minimum Gasteiger partial charge on any atom is -0.469 e. The lowest BCUT2D eigenvalue weighted by Crippen LogP contribution is -2.41. The number of allylic oxidation sites excluding steroid dienone is 2. The molecule has 10 heteroatoms. The van der Waals surface area contributed by atoms with Gasteiger partial charge >= 0.3 is 18.1 Å². The van der Waals surface area contributed by atoms with Gasteiger partial charge in [0.1, 0.15) is 0 Å². The Bertz CT molecular complexity index is 928. The molecule has 33 heavy (non-hydrogen) atoms. The average Bonchev–Trinajstić information content (AvgIpc) is 3.09. The molecule has 0 N–H and O–H groups in total. The molecule has 1 amide bonds. The number of amides is 1. The van der Waals surface area contributed by atoms with E-state index in [4.69, 9.17) is 14.7 Å². The topological polar surface area (TPSA) is 74.6 Å². The van der Waals surface area contributed by atoms with Crippen molar-refractivity contribution in [2.45, 2.75) is 57.5 Å². The molecule has 0 aromatic carbocycles. The lowest BCUT2D eigenvalue weighted by Gasteiger charge is -2.32. The predicted octanol–water partition coefficient (Wildman–Crippen LogP) is 3.62. The predicted molar refractivity (Wildman–Crippen MR) is 117 cm³/mol. The molecule has 0 atom stereocenters. The van der Waals surface area contributed by atoms with Crippen molar-refractivity contribution in [1.29, 1.82) is 0 Å². The van der Waals surface area contributed by atoms with Crippen LogP contribution in [0, 0.1) is 5.92 Å². The van der Waals surface area contributed by atoms with Gasteiger partial charge in [0.25, 0.3) is 0 Å². The van der Waals surface area contributed by atoms with Gasteiger partial charge in [-0.15, -0.1) is 0 Å². The SMILES string of the molecule is COC(=O)CCCC1CCN(C2=NC3=CC4=C(CCN(C(=O)C(F)(F)F)CC4)CC3=N2)CC1. The standard InChI is InChI=1S/C23H29F3N4O3/c1-33-20(31)4-2-3-15-5-9-30(10-6-15)22-27-18-13-16-7-11-29(21(32)23(24,25)26)12-8-17(16)14-19(18)28-22/h13,15H,2-12,14H2,1H3. The van der Waals surface area contributed by atoms with Crippen molar-refractivity contribution in [1.82, 2.24) is 9.80 Å². The first-order chi connectivity index (χ1) is 15.7. The molecule has 3 heterocycles. The van der Waals surface area contributed by atoms with Crippen LogP contribution in [0.5, 0.6) is 0 Å². The molecule has 180 valence electrons. The largest absolute Gasteiger partial charge is 0.471 e. The molecule has 0 radical (unpaired) electrons. The van der Waals surface area contributed by atoms with E-state index in [-0.39, 0.29) is 19.1 Å². The highest BCUT2D eigenvalue weighted by atomic mass is 19.4. The van der Waals surface area contributed by atoms with Gasteiger partial charge in [-0.3, -0.25) is 9.59 Å². The number of methoxy groups -OCH3 is 1. The molecule has 3 aliphatic heterocycles. The zero-order chi connectivity index (χ0) is 23.6. The summed E-state index contributed by atoms with van der Waals surface area (Å²) in [5.74, 6) is -0.620. The maximum absolute atomic E-state index is 12.8. The zero-order valence-electron chi connectivity index (χ0n) is 18.8. The summed E-state index contributed by atoms with van der Waals surface area (Å²) < 4.78 is 43.1. The highest BCUT2D eigenvalue weighted by Crippen LogP contribution is 2.34. The van der Waals surface area contributed by atoms with Gasteiger partial charge in [0, 0.05) is 39.0 Å². The Labute approximate surface area is 191 Å². The molecule has 0 bridgehead atoms. The van der Waals surface area contributed by atoms with Gasteiger partial charge in [-0.05, 0) is 56.1 Å². The first-order valence-electron chi connectivity index (χ1n) is 11.5. The van der Waals surface area contributed by atoms with E-state index < -0.39 is 12.1 Å². The maximum atomic E-state index is 12.8. The Morgan fingerprint density at radius 2 is 1.85 bits per heavy atom. The number of ether oxygens (including phenoxy) is 1. The van der Waals surface area contributed by atoms with Crippen LogP contribution < -0.4 is 0 Å². The van der Waals surface area contributed by atoms with Crippen LogP contribution in [0.3, 0.4) is 0 Å². The summed E-state index contributed by atoms with van der Waals surface area (Å²) in [6.07, 6.45) is 2.88. The first kappa shape index (κ1) is 23.5. The van der Waals surface area contributed by atoms with Crippen LogP contribution in [0.4, 0.5) is 13.2 Å². The zero-order valence-corrected chi connectivity index (χ0v) is 18.8. The highest BCUT2D eigenvalue weighted by molar-refractivity contribution is 6.14. The molecule has 4 aliphatic rings. The van der Waals surface area contributed by atoms with E-state index in [9.17, 15) is 22.8 Å². The molecule has 0 saturated carbocycles. The number of carbonyl (C=O) groups excluding carboxylic acids is 2. The Morgan fingerprint density at radius 1 is 1.12 bits per heavy atom. The van der Waals surface area contributed by atoms with E-state index in [2.05, 4.69) is 4.90 Å². The lowest BCUT2D eigenvalue weighted by atomic mass is 9.91. The van der Waals surface area contributed by atoms with Crippen LogP contribution in [0.1, 0.15) is 51.4 Å². The van der Waals surface area contributed by atoms with Crippen molar-refractivity contribution < 1.29 is 27.5 Å². The number of aliphatic imine (C=N–C) groups is 2. The quantitative estimate of drug-likeness (QED) is 0.593. The fourth-order valence-corrected chi connectivity index (χ4v) is 4.92. The molecule has 7 nitrogen and oxygen atoms in total. The van der Waals surface area contributed by atoms with Crippen LogP contribution >= 0.6 is 0 Å². The van der Waals surface area contributed by atoms with Gasteiger partial charge in [0.15, 0.2) is 0 Å². The molecular formula is C23H29F3N4O3. The van der Waals surface area contributed by atoms with Crippen LogP contribution in [0.15, 0.2) is 32.9 Å². The fraction of sp³-hybridized carbons (Fsp3) is 0.652. The van der Waals surface area contributed by atoms with Crippen molar-refractivity contribution in [3.8, 4) is 0 Å². The summed E-state index contributed by atoms with van der Waals surface area (Å²) in [4.78, 5) is 35.4. The minimum atomic E-state index is -4.84. The second-order valence-electron chi connectivity index (χ2n) is 8.99. The summed E-state index contributed by atoms with van der Waals surface area (Å²) in [5, 5.41) is 0. The summed E-state index contributed by atoms with van der Waals surface area (Å²) in [6.45, 7) is 1.87. The molecular weight excluding hydrogens is 437 g/mol. The van der Waals surface area contributed by atoms with Crippen molar-refractivity contribution in [2.24, 2.45) is 15.9 Å². The summed E-state index contributed by atoms with van der Waals surface area (Å²) in [7, 11) is 1.41. The number of esters is 1. The third-order valence-corrected chi connectivity index (χ3v) is 6.88. The molecule has 1 fully saturated rings. The van der Waals surface area contributed by atoms with E-state index >= 15 is 0 Å². The van der Waals surface area contributed by atoms with Gasteiger partial charge in [0.2, 0.25) is 5.96 Å². The summed E-state index contributed by atoms with van der Waals surface area (Å²) >= 11 is 0. The van der Waals surface area contributed by atoms with Crippen LogP contribution in [-0.4, -0.2) is 72.8 Å². The number of halogens is 3. The third-order valence-electron chi connectivity index (χ3n) is 6.88. The van der Waals surface area contributed by atoms with E-state index in [0.717, 1.165) is 72.2 Å². The molecule has 4 rings (SSSR count). The lowest BCUT2D eigenvalue weighted by molar-refractivity contribution is -0.185. The number of fused-ring (bicyclic) bond motifs is 1. The number of likely N-dealkylation sites (tertiary alicyclic amines) is 1. The van der Waals surface area contributed by atoms with E-state index in [1.165, 1.54) is 7.11 Å². The van der Waals surface area contributed by atoms with Crippen LogP contribution in [0.2, 0.25) is 0 Å². The Kier molecular flexibility index (Phi) is 6.90. The molecule has 0 spiro atoms. The Hall–Kier alpha value is -2.65. The van der Waals surface area contributed by atoms with Crippen LogP contribution in [0.25, 0.3) is 0 Å². The highest BCUT2D eigenvalue weighted by Gasteiger charge is 2.43. The van der Waals surface area contributed by atoms with E-state index in [1.54, 1.807) is 0 Å². The van der Waals surface area contributed by atoms with E-state index in [0.29, 0.717) is 31.6 Å². The summed E-state index contributed by atoms with van der Waals surface area (Å²) in [6, 6.07) is 0. The van der Waals surface area contributed by atoms with Gasteiger partial charge in [-0.25, -0.2) is 9.98 Å². The van der Waals surface area contributed by atoms with Gasteiger partial charge < -0.3 is 14.5 Å². The molecule has 0 aromatic rings. The number of piperidine rings is 1. The van der Waals surface area contributed by atoms with Crippen LogP contribution in [-0.2, 0) is 14.3 Å². The van der Waals surface area contributed by atoms with Gasteiger partial charge in [-0.1, -0.05) is 5.57 Å². The Morgan fingerprint density at radius 3 is 2.55 bits per heavy atom. The second-order valence-corrected chi connectivity index (χ2v) is 8.99. The molecule has 0 aromatic heterocycles. The smallest absolute Gasteiger partial charge is 0.469 e. The van der Waals surface area contributed by atoms with Gasteiger partial charge in [0.05, 0.1) is 18.5 Å². The van der Waals surface area contributed by atoms with Crippen molar-refractivity contribution in [3.63, 3.8) is 0 Å². The first-order valence-corrected chi connectivity index (χ1v) is 11.5. The maximum Gasteiger partial charge on any atom is 0.471 e. The number of hydrogen-bond acceptors (Lipinski definition) is 6. The molecule has 1 aliphatic carbocycles. The number of alkyl halides is 3. The number of hydrogen-bond donors (Lipinski definition) is 0. The fourth-order valence-electron chi connectivity index (χ4n) is 4.92. The molecule has 1 saturated heterocycles. The minimum absolute atomic E-state index is 0.0630. The van der Waals surface area contributed by atoms with Crippen molar-refractivity contribution in [3.05, 3.63) is 22.9 Å². The normalized spacial score (nSPS) is 21.6. The summed E-state index contributed by atoms with van der Waals surface area (Å²) in [5.41, 5.74) is 3.69. The second kappa shape index (κ2) is 9.69. The monoisotopic (exact) mass is 466 g/mol. The van der Waals surface area contributed by atoms with Crippen molar-refractivity contribution in [2.75, 3.05) is 33.3 Å². The third kappa shape index (κ3) is 5.47. The Balaban J connectivity index is 1.31.